The number of nitrogens with zero attached hydrogens (tertiary/aromatic N) is 2. The van der Waals surface area contributed by atoms with Gasteiger partial charge in [-0.15, -0.1) is 0 Å². The Balaban J connectivity index is 2.64. The molecule has 5 nitrogen and oxygen atoms in total. The van der Waals surface area contributed by atoms with E-state index >= 15 is 0 Å². The van der Waals surface area contributed by atoms with Crippen LogP contribution in [0.5, 0.6) is 0 Å². The minimum absolute atomic E-state index is 0.0250. The van der Waals surface area contributed by atoms with Crippen molar-refractivity contribution >= 4 is 27.1 Å². The first-order valence-electron chi connectivity index (χ1n) is 9.48. The van der Waals surface area contributed by atoms with E-state index in [9.17, 15) is 25.5 Å². The van der Waals surface area contributed by atoms with Crippen LogP contribution in [-0.4, -0.2) is 23.4 Å². The normalized spacial score (nSPS) is 13.4. The predicted octanol–water partition coefficient (Wildman–Crippen LogP) is 2.68. The lowest BCUT2D eigenvalue weighted by Gasteiger charge is -2.21. The fourth-order valence-electron chi connectivity index (χ4n) is 4.16. The van der Waals surface area contributed by atoms with Gasteiger partial charge in [-0.1, -0.05) is 38.1 Å². The molecule has 142 valence electrons. The summed E-state index contributed by atoms with van der Waals surface area (Å²) in [6, 6.07) is 10.9. The summed E-state index contributed by atoms with van der Waals surface area (Å²) in [5.41, 5.74) is 1.34. The summed E-state index contributed by atoms with van der Waals surface area (Å²) in [6.07, 6.45) is 1.45. The molecule has 2 unspecified atom stereocenters. The third-order valence-electron chi connectivity index (χ3n) is 5.75. The van der Waals surface area contributed by atoms with Crippen LogP contribution in [0.2, 0.25) is 0 Å². The molecule has 5 heteroatoms. The van der Waals surface area contributed by atoms with Crippen molar-refractivity contribution in [2.24, 2.45) is 0 Å². The molecule has 0 aromatic heterocycles. The molecule has 0 spiro atoms. The number of hydrogen-bond donors (Lipinski definition) is 2. The molecule has 0 heterocycles. The molecule has 0 aliphatic rings. The largest absolute Gasteiger partial charge is 0.396 e. The van der Waals surface area contributed by atoms with E-state index in [0.29, 0.717) is 10.8 Å². The molecule has 0 amide bonds. The summed E-state index contributed by atoms with van der Waals surface area (Å²) in [4.78, 5) is 13.0. The Morgan fingerprint density at radius 3 is 1.82 bits per heavy atom. The van der Waals surface area contributed by atoms with Crippen molar-refractivity contribution in [2.75, 3.05) is 13.2 Å². The highest BCUT2D eigenvalue weighted by molar-refractivity contribution is 6.15. The second kappa shape index (κ2) is 7.94. The van der Waals surface area contributed by atoms with Gasteiger partial charge in [-0.25, -0.2) is 0 Å². The zero-order valence-electron chi connectivity index (χ0n) is 16.0. The molecular formula is C23H22N2O3. The third-order valence-corrected chi connectivity index (χ3v) is 5.75. The molecule has 0 bridgehead atoms. The number of aliphatic hydroxyl groups excluding tert-OH is 2. The van der Waals surface area contributed by atoms with Crippen LogP contribution in [0, 0.1) is 22.7 Å². The van der Waals surface area contributed by atoms with Gasteiger partial charge in [0.05, 0.1) is 5.22 Å². The number of benzene rings is 2. The Bertz CT molecular complexity index is 1180. The van der Waals surface area contributed by atoms with Crippen molar-refractivity contribution in [1.82, 2.24) is 0 Å². The van der Waals surface area contributed by atoms with Gasteiger partial charge in [-0.2, -0.15) is 10.5 Å². The van der Waals surface area contributed by atoms with Crippen molar-refractivity contribution in [1.29, 1.82) is 10.5 Å². The fourth-order valence-corrected chi connectivity index (χ4v) is 4.16. The van der Waals surface area contributed by atoms with Gasteiger partial charge in [-0.05, 0) is 34.7 Å². The Morgan fingerprint density at radius 2 is 1.39 bits per heavy atom. The fraction of sp³-hybridized carbons (Fsp3) is 0.348. The molecule has 2 N–H and O–H groups in total. The Hall–Kier alpha value is -2.99. The topological polar surface area (TPSA) is 105 Å². The van der Waals surface area contributed by atoms with Crippen LogP contribution in [0.15, 0.2) is 29.1 Å². The first kappa shape index (κ1) is 19.8. The zero-order chi connectivity index (χ0) is 20.4. The molecule has 0 radical (unpaired) electrons. The van der Waals surface area contributed by atoms with Crippen LogP contribution in [0.3, 0.4) is 0 Å². The molecule has 0 aliphatic carbocycles. The van der Waals surface area contributed by atoms with E-state index in [2.05, 4.69) is 0 Å². The smallest absolute Gasteiger partial charge is 0.196 e. The lowest BCUT2D eigenvalue weighted by atomic mass is 9.84. The van der Waals surface area contributed by atoms with E-state index in [1.807, 2.05) is 38.1 Å². The standard InChI is InChI=1S/C23H22N2O3/c1-3-13(11-26)16-5-7-18-20(15(9-24)10-25)23(28)19-8-6-17(14(4-2)12-27)21(16)22(18)19/h5-8,13-14,26-27H,3-4,11-12H2,1-2H3. The van der Waals surface area contributed by atoms with Crippen molar-refractivity contribution < 1.29 is 10.2 Å². The number of nitriles is 2. The SMILES string of the molecule is CCC(CO)c1ccc2c(=O)c(=C(C#N)C#N)c3ccc(C(CC)CO)c1c23. The van der Waals surface area contributed by atoms with Crippen molar-refractivity contribution in [3.63, 3.8) is 0 Å². The minimum atomic E-state index is -0.323. The van der Waals surface area contributed by atoms with Gasteiger partial charge in [0.1, 0.15) is 17.7 Å². The van der Waals surface area contributed by atoms with Crippen LogP contribution in [0.25, 0.3) is 27.1 Å². The highest BCUT2D eigenvalue weighted by Gasteiger charge is 2.23. The summed E-state index contributed by atoms with van der Waals surface area (Å²) in [5.74, 6) is -0.206. The Kier molecular flexibility index (Phi) is 5.61. The van der Waals surface area contributed by atoms with Gasteiger partial charge in [0.25, 0.3) is 0 Å². The van der Waals surface area contributed by atoms with Gasteiger partial charge < -0.3 is 10.2 Å². The van der Waals surface area contributed by atoms with Gasteiger partial charge >= 0.3 is 0 Å². The Morgan fingerprint density at radius 1 is 0.893 bits per heavy atom. The summed E-state index contributed by atoms with van der Waals surface area (Å²) < 4.78 is 0. The lowest BCUT2D eigenvalue weighted by molar-refractivity contribution is 0.261. The third kappa shape index (κ3) is 2.81. The van der Waals surface area contributed by atoms with E-state index in [1.165, 1.54) is 0 Å². The van der Waals surface area contributed by atoms with Gasteiger partial charge in [0, 0.05) is 35.8 Å². The Labute approximate surface area is 163 Å². The second-order valence-corrected chi connectivity index (χ2v) is 7.03. The monoisotopic (exact) mass is 374 g/mol. The number of hydrogen-bond acceptors (Lipinski definition) is 5. The molecule has 0 saturated carbocycles. The first-order chi connectivity index (χ1) is 13.6. The van der Waals surface area contributed by atoms with Crippen molar-refractivity contribution in [3.05, 3.63) is 50.8 Å². The molecular weight excluding hydrogens is 352 g/mol. The average Bonchev–Trinajstić information content (AvgIpc) is 3.01. The van der Waals surface area contributed by atoms with Crippen molar-refractivity contribution in [3.8, 4) is 12.1 Å². The van der Waals surface area contributed by atoms with E-state index in [-0.39, 0.29) is 41.3 Å². The molecule has 0 saturated heterocycles. The molecule has 3 aromatic rings. The predicted molar refractivity (Wildman–Crippen MR) is 109 cm³/mol. The zero-order valence-corrected chi connectivity index (χ0v) is 16.0. The highest BCUT2D eigenvalue weighted by atomic mass is 16.3. The highest BCUT2D eigenvalue weighted by Crippen LogP contribution is 2.38. The molecule has 3 rings (SSSR count). The summed E-state index contributed by atoms with van der Waals surface area (Å²) in [6.45, 7) is 3.94. The van der Waals surface area contributed by atoms with Crippen molar-refractivity contribution in [2.45, 2.75) is 38.5 Å². The van der Waals surface area contributed by atoms with Crippen LogP contribution < -0.4 is 10.6 Å². The summed E-state index contributed by atoms with van der Waals surface area (Å²) in [7, 11) is 0. The maximum atomic E-state index is 13.0. The first-order valence-corrected chi connectivity index (χ1v) is 9.48. The maximum Gasteiger partial charge on any atom is 0.196 e. The average molecular weight is 374 g/mol. The molecule has 0 fully saturated rings. The quantitative estimate of drug-likeness (QED) is 0.690. The molecule has 28 heavy (non-hydrogen) atoms. The van der Waals surface area contributed by atoms with Gasteiger partial charge in [-0.3, -0.25) is 4.79 Å². The van der Waals surface area contributed by atoms with E-state index in [1.54, 1.807) is 12.1 Å². The van der Waals surface area contributed by atoms with E-state index in [0.717, 1.165) is 34.7 Å². The van der Waals surface area contributed by atoms with Gasteiger partial charge in [0.2, 0.25) is 0 Å². The van der Waals surface area contributed by atoms with Crippen LogP contribution in [0.1, 0.15) is 49.7 Å². The van der Waals surface area contributed by atoms with E-state index < -0.39 is 0 Å². The maximum absolute atomic E-state index is 13.0. The number of aliphatic hydroxyl groups is 2. The number of rotatable bonds is 6. The van der Waals surface area contributed by atoms with Crippen LogP contribution in [-0.2, 0) is 0 Å². The van der Waals surface area contributed by atoms with Crippen LogP contribution >= 0.6 is 0 Å². The molecule has 2 atom stereocenters. The molecule has 3 aromatic carbocycles. The molecule has 0 aliphatic heterocycles. The summed E-state index contributed by atoms with van der Waals surface area (Å²) >= 11 is 0. The second-order valence-electron chi connectivity index (χ2n) is 7.03. The van der Waals surface area contributed by atoms with Gasteiger partial charge in [0.15, 0.2) is 5.43 Å². The minimum Gasteiger partial charge on any atom is -0.396 e. The lowest BCUT2D eigenvalue weighted by Crippen LogP contribution is -2.21. The summed E-state index contributed by atoms with van der Waals surface area (Å²) in [5, 5.41) is 41.2. The van der Waals surface area contributed by atoms with Crippen LogP contribution in [0.4, 0.5) is 0 Å². The van der Waals surface area contributed by atoms with E-state index in [4.69, 9.17) is 0 Å².